The number of nitrogens with zero attached hydrogens (tertiary/aromatic N) is 1. The van der Waals surface area contributed by atoms with Gasteiger partial charge in [-0.2, -0.15) is 0 Å². The summed E-state index contributed by atoms with van der Waals surface area (Å²) in [6, 6.07) is 0.797. The van der Waals surface area contributed by atoms with Crippen molar-refractivity contribution in [1.29, 1.82) is 0 Å². The number of piperidine rings is 1. The molecule has 1 atom stereocenters. The highest BCUT2D eigenvalue weighted by Gasteiger charge is 2.19. The van der Waals surface area contributed by atoms with Gasteiger partial charge in [0.2, 0.25) is 0 Å². The fourth-order valence-corrected chi connectivity index (χ4v) is 2.18. The molecule has 0 aromatic carbocycles. The predicted octanol–water partition coefficient (Wildman–Crippen LogP) is 1.65. The van der Waals surface area contributed by atoms with E-state index >= 15 is 0 Å². The molecule has 1 heterocycles. The van der Waals surface area contributed by atoms with Crippen molar-refractivity contribution in [3.63, 3.8) is 0 Å². The first-order chi connectivity index (χ1) is 6.88. The van der Waals surface area contributed by atoms with E-state index in [0.29, 0.717) is 13.2 Å². The minimum Gasteiger partial charge on any atom is -0.379 e. The Labute approximate surface area is 99.7 Å². The number of likely N-dealkylation sites (tertiary alicyclic amines) is 1. The third-order valence-corrected chi connectivity index (χ3v) is 3.01. The van der Waals surface area contributed by atoms with Crippen LogP contribution in [-0.2, 0) is 4.74 Å². The average molecular weight is 237 g/mol. The monoisotopic (exact) mass is 236 g/mol. The lowest BCUT2D eigenvalue weighted by molar-refractivity contribution is 0.0737. The van der Waals surface area contributed by atoms with E-state index in [9.17, 15) is 0 Å². The summed E-state index contributed by atoms with van der Waals surface area (Å²) in [4.78, 5) is 2.57. The normalized spacial score (nSPS) is 22.4. The Balaban J connectivity index is 0.00000196. The van der Waals surface area contributed by atoms with E-state index in [1.807, 2.05) is 0 Å². The SMILES string of the molecule is CCC1CCCCN1CCOCCN.Cl. The summed E-state index contributed by atoms with van der Waals surface area (Å²) in [5, 5.41) is 0. The zero-order valence-corrected chi connectivity index (χ0v) is 10.6. The number of halogens is 1. The average Bonchev–Trinajstić information content (AvgIpc) is 2.25. The number of hydrogen-bond donors (Lipinski definition) is 1. The van der Waals surface area contributed by atoms with Crippen molar-refractivity contribution in [3.05, 3.63) is 0 Å². The van der Waals surface area contributed by atoms with Gasteiger partial charge in [0.15, 0.2) is 0 Å². The zero-order chi connectivity index (χ0) is 10.2. The first-order valence-corrected chi connectivity index (χ1v) is 5.90. The highest BCUT2D eigenvalue weighted by molar-refractivity contribution is 5.85. The number of ether oxygens (including phenoxy) is 1. The Kier molecular flexibility index (Phi) is 9.51. The molecule has 0 aromatic heterocycles. The number of nitrogens with two attached hydrogens (primary N) is 1. The highest BCUT2D eigenvalue weighted by Crippen LogP contribution is 2.18. The summed E-state index contributed by atoms with van der Waals surface area (Å²) < 4.78 is 5.41. The van der Waals surface area contributed by atoms with E-state index < -0.39 is 0 Å². The van der Waals surface area contributed by atoms with E-state index in [1.54, 1.807) is 0 Å². The van der Waals surface area contributed by atoms with Crippen LogP contribution in [0.5, 0.6) is 0 Å². The lowest BCUT2D eigenvalue weighted by Gasteiger charge is -2.35. The van der Waals surface area contributed by atoms with Gasteiger partial charge in [0.05, 0.1) is 13.2 Å². The molecule has 0 saturated carbocycles. The molecule has 92 valence electrons. The number of hydrogen-bond acceptors (Lipinski definition) is 3. The fourth-order valence-electron chi connectivity index (χ4n) is 2.18. The minimum absolute atomic E-state index is 0. The molecule has 1 saturated heterocycles. The largest absolute Gasteiger partial charge is 0.379 e. The van der Waals surface area contributed by atoms with Gasteiger partial charge in [-0.25, -0.2) is 0 Å². The quantitative estimate of drug-likeness (QED) is 0.713. The van der Waals surface area contributed by atoms with E-state index in [1.165, 1.54) is 32.2 Å². The summed E-state index contributed by atoms with van der Waals surface area (Å²) in [7, 11) is 0. The second kappa shape index (κ2) is 9.40. The Morgan fingerprint density at radius 3 is 2.80 bits per heavy atom. The van der Waals surface area contributed by atoms with Gasteiger partial charge >= 0.3 is 0 Å². The Morgan fingerprint density at radius 1 is 1.33 bits per heavy atom. The molecule has 0 aliphatic carbocycles. The molecule has 4 heteroatoms. The molecule has 3 nitrogen and oxygen atoms in total. The van der Waals surface area contributed by atoms with Gasteiger partial charge in [0, 0.05) is 19.1 Å². The molecule has 2 N–H and O–H groups in total. The fraction of sp³-hybridized carbons (Fsp3) is 1.00. The molecule has 15 heavy (non-hydrogen) atoms. The van der Waals surface area contributed by atoms with Crippen molar-refractivity contribution >= 4 is 12.4 Å². The third kappa shape index (κ3) is 5.71. The van der Waals surface area contributed by atoms with Gasteiger partial charge in [0.25, 0.3) is 0 Å². The smallest absolute Gasteiger partial charge is 0.0594 e. The Bertz CT molecular complexity index is 147. The minimum atomic E-state index is 0. The van der Waals surface area contributed by atoms with Crippen LogP contribution in [0.15, 0.2) is 0 Å². The van der Waals surface area contributed by atoms with Crippen molar-refractivity contribution in [1.82, 2.24) is 4.90 Å². The second-order valence-electron chi connectivity index (χ2n) is 3.99. The first-order valence-electron chi connectivity index (χ1n) is 5.90. The molecule has 1 aliphatic heterocycles. The van der Waals surface area contributed by atoms with Gasteiger partial charge < -0.3 is 10.5 Å². The summed E-state index contributed by atoms with van der Waals surface area (Å²) in [6.45, 7) is 6.79. The van der Waals surface area contributed by atoms with Crippen LogP contribution in [0.3, 0.4) is 0 Å². The molecular weight excluding hydrogens is 212 g/mol. The summed E-state index contributed by atoms with van der Waals surface area (Å²) >= 11 is 0. The van der Waals surface area contributed by atoms with Crippen LogP contribution in [0.1, 0.15) is 32.6 Å². The van der Waals surface area contributed by atoms with Crippen molar-refractivity contribution in [2.75, 3.05) is 32.8 Å². The maximum Gasteiger partial charge on any atom is 0.0594 e. The van der Waals surface area contributed by atoms with E-state index in [4.69, 9.17) is 10.5 Å². The van der Waals surface area contributed by atoms with Gasteiger partial charge in [-0.1, -0.05) is 13.3 Å². The summed E-state index contributed by atoms with van der Waals surface area (Å²) in [6.07, 6.45) is 5.40. The molecular formula is C11H25ClN2O. The predicted molar refractivity (Wildman–Crippen MR) is 66.6 cm³/mol. The lowest BCUT2D eigenvalue weighted by Crippen LogP contribution is -2.41. The molecule has 1 fully saturated rings. The molecule has 1 aliphatic rings. The Morgan fingerprint density at radius 2 is 2.13 bits per heavy atom. The summed E-state index contributed by atoms with van der Waals surface area (Å²) in [5.74, 6) is 0. The van der Waals surface area contributed by atoms with Crippen LogP contribution in [0.4, 0.5) is 0 Å². The van der Waals surface area contributed by atoms with Gasteiger partial charge in [-0.15, -0.1) is 12.4 Å². The first kappa shape index (κ1) is 15.2. The van der Waals surface area contributed by atoms with Crippen molar-refractivity contribution in [2.24, 2.45) is 5.73 Å². The molecule has 1 unspecified atom stereocenters. The van der Waals surface area contributed by atoms with Crippen LogP contribution in [-0.4, -0.2) is 43.8 Å². The maximum absolute atomic E-state index is 5.41. The molecule has 0 amide bonds. The van der Waals surface area contributed by atoms with Crippen molar-refractivity contribution < 1.29 is 4.74 Å². The van der Waals surface area contributed by atoms with Crippen molar-refractivity contribution in [3.8, 4) is 0 Å². The second-order valence-corrected chi connectivity index (χ2v) is 3.99. The third-order valence-electron chi connectivity index (χ3n) is 3.01. The lowest BCUT2D eigenvalue weighted by atomic mass is 10.0. The number of rotatable bonds is 6. The van der Waals surface area contributed by atoms with Crippen molar-refractivity contribution in [2.45, 2.75) is 38.6 Å². The maximum atomic E-state index is 5.41. The van der Waals surface area contributed by atoms with Gasteiger partial charge in [-0.3, -0.25) is 4.90 Å². The van der Waals surface area contributed by atoms with E-state index in [2.05, 4.69) is 11.8 Å². The van der Waals surface area contributed by atoms with E-state index in [-0.39, 0.29) is 12.4 Å². The van der Waals surface area contributed by atoms with Crippen LogP contribution in [0.25, 0.3) is 0 Å². The molecule has 0 bridgehead atoms. The van der Waals surface area contributed by atoms with Crippen LogP contribution >= 0.6 is 12.4 Å². The molecule has 0 aromatic rings. The standard InChI is InChI=1S/C11H24N2O.ClH/c1-2-11-5-3-4-7-13(11)8-10-14-9-6-12;/h11H,2-10,12H2,1H3;1H. The molecule has 0 radical (unpaired) electrons. The highest BCUT2D eigenvalue weighted by atomic mass is 35.5. The Hall–Kier alpha value is 0.170. The molecule has 0 spiro atoms. The summed E-state index contributed by atoms with van der Waals surface area (Å²) in [5.41, 5.74) is 5.36. The van der Waals surface area contributed by atoms with Crippen LogP contribution in [0, 0.1) is 0 Å². The van der Waals surface area contributed by atoms with Crippen LogP contribution in [0.2, 0.25) is 0 Å². The van der Waals surface area contributed by atoms with Gasteiger partial charge in [-0.05, 0) is 25.8 Å². The topological polar surface area (TPSA) is 38.5 Å². The van der Waals surface area contributed by atoms with Crippen LogP contribution < -0.4 is 5.73 Å². The zero-order valence-electron chi connectivity index (χ0n) is 9.78. The van der Waals surface area contributed by atoms with Gasteiger partial charge in [0.1, 0.15) is 0 Å². The van der Waals surface area contributed by atoms with E-state index in [0.717, 1.165) is 19.2 Å². The molecule has 1 rings (SSSR count).